The number of carbonyl (C=O) groups excluding carboxylic acids is 2. The van der Waals surface area contributed by atoms with E-state index < -0.39 is 41.1 Å². The van der Waals surface area contributed by atoms with Gasteiger partial charge < -0.3 is 20.5 Å². The van der Waals surface area contributed by atoms with Gasteiger partial charge in [0, 0.05) is 13.1 Å². The average molecular weight is 487 g/mol. The van der Waals surface area contributed by atoms with Gasteiger partial charge in [-0.2, -0.15) is 4.39 Å². The van der Waals surface area contributed by atoms with E-state index in [0.717, 1.165) is 17.4 Å². The van der Waals surface area contributed by atoms with Crippen molar-refractivity contribution in [3.8, 4) is 5.75 Å². The third kappa shape index (κ3) is 5.95. The number of halogens is 3. The maximum atomic E-state index is 14.4. The van der Waals surface area contributed by atoms with Crippen LogP contribution in [0, 0.1) is 17.6 Å². The van der Waals surface area contributed by atoms with Crippen molar-refractivity contribution in [2.75, 3.05) is 13.1 Å². The summed E-state index contributed by atoms with van der Waals surface area (Å²) in [5.41, 5.74) is -0.485. The highest BCUT2D eigenvalue weighted by molar-refractivity contribution is 7.17. The number of rotatable bonds is 8. The summed E-state index contributed by atoms with van der Waals surface area (Å²) in [4.78, 5) is 35.5. The number of amides is 2. The van der Waals surface area contributed by atoms with E-state index in [2.05, 4.69) is 10.6 Å². The Hall–Kier alpha value is -2.72. The van der Waals surface area contributed by atoms with Gasteiger partial charge in [0.15, 0.2) is 11.6 Å². The summed E-state index contributed by atoms with van der Waals surface area (Å²) in [6.07, 6.45) is 1.23. The molecule has 0 saturated heterocycles. The van der Waals surface area contributed by atoms with E-state index in [9.17, 15) is 23.2 Å². The van der Waals surface area contributed by atoms with Crippen LogP contribution in [0.1, 0.15) is 45.7 Å². The molecule has 0 spiro atoms. The molecule has 1 aromatic heterocycles. The predicted molar refractivity (Wildman–Crippen MR) is 114 cm³/mol. The summed E-state index contributed by atoms with van der Waals surface area (Å²) in [5.74, 6) is -5.44. The minimum Gasteiger partial charge on any atom is -0.487 e. The van der Waals surface area contributed by atoms with Crippen molar-refractivity contribution >= 4 is 40.7 Å². The fourth-order valence-corrected chi connectivity index (χ4v) is 4.34. The van der Waals surface area contributed by atoms with Crippen LogP contribution in [0.15, 0.2) is 24.3 Å². The zero-order valence-electron chi connectivity index (χ0n) is 16.8. The largest absolute Gasteiger partial charge is 0.487 e. The van der Waals surface area contributed by atoms with Gasteiger partial charge in [-0.25, -0.2) is 4.39 Å². The topological polar surface area (TPSA) is 105 Å². The molecule has 3 N–H and O–H groups in total. The zero-order chi connectivity index (χ0) is 23.3. The maximum Gasteiger partial charge on any atom is 0.306 e. The number of thiophene rings is 1. The fourth-order valence-electron chi connectivity index (χ4n) is 3.38. The Morgan fingerprint density at radius 2 is 1.66 bits per heavy atom. The van der Waals surface area contributed by atoms with E-state index in [0.29, 0.717) is 34.9 Å². The molecule has 1 fully saturated rings. The van der Waals surface area contributed by atoms with E-state index in [4.69, 9.17) is 21.4 Å². The summed E-state index contributed by atoms with van der Waals surface area (Å²) < 4.78 is 34.8. The minimum atomic E-state index is -1.34. The number of hydrogen-bond acceptors (Lipinski definition) is 5. The number of nitrogens with one attached hydrogen (secondary N) is 2. The molecular weight excluding hydrogens is 466 g/mol. The standard InChI is InChI=1S/C21H21ClF2N2O5S/c22-16-8-7-15(32-16)20(28)26-10-9-25-19(27)13-5-6-14(18(24)17(13)23)31-12-3-1-11(2-4-12)21(29)30/h5-8,11-12H,1-4,9-10H2,(H,25,27)(H,26,28)(H,29,30)/t11-,12-. The van der Waals surface area contributed by atoms with Crippen molar-refractivity contribution < 1.29 is 33.0 Å². The van der Waals surface area contributed by atoms with Crippen molar-refractivity contribution in [2.24, 2.45) is 5.92 Å². The first-order chi connectivity index (χ1) is 15.3. The van der Waals surface area contributed by atoms with Crippen molar-refractivity contribution in [2.45, 2.75) is 31.8 Å². The molecule has 0 radical (unpaired) electrons. The van der Waals surface area contributed by atoms with Crippen LogP contribution in [-0.4, -0.2) is 42.1 Å². The Morgan fingerprint density at radius 1 is 1.00 bits per heavy atom. The first-order valence-corrected chi connectivity index (χ1v) is 11.1. The highest BCUT2D eigenvalue weighted by atomic mass is 35.5. The molecule has 1 aliphatic carbocycles. The van der Waals surface area contributed by atoms with Crippen molar-refractivity contribution in [3.63, 3.8) is 0 Å². The second-order valence-electron chi connectivity index (χ2n) is 7.28. The maximum absolute atomic E-state index is 14.4. The molecule has 0 unspecified atom stereocenters. The van der Waals surface area contributed by atoms with Crippen LogP contribution in [-0.2, 0) is 4.79 Å². The number of carbonyl (C=O) groups is 3. The first-order valence-electron chi connectivity index (χ1n) is 9.95. The smallest absolute Gasteiger partial charge is 0.306 e. The SMILES string of the molecule is O=C(NCCNC(=O)c1ccc(O[C@H]2CC[C@H](C(=O)O)CC2)c(F)c1F)c1ccc(Cl)s1. The Bertz CT molecular complexity index is 1010. The molecule has 11 heteroatoms. The second kappa shape index (κ2) is 10.7. The normalized spacial score (nSPS) is 18.1. The van der Waals surface area contributed by atoms with Gasteiger partial charge in [0.1, 0.15) is 0 Å². The summed E-state index contributed by atoms with van der Waals surface area (Å²) in [6.45, 7) is 0.0974. The first kappa shape index (κ1) is 23.9. The van der Waals surface area contributed by atoms with E-state index in [-0.39, 0.29) is 24.7 Å². The quantitative estimate of drug-likeness (QED) is 0.491. The molecule has 0 aliphatic heterocycles. The molecule has 2 aromatic rings. The molecule has 1 aliphatic rings. The monoisotopic (exact) mass is 486 g/mol. The van der Waals surface area contributed by atoms with E-state index in [1.54, 1.807) is 12.1 Å². The van der Waals surface area contributed by atoms with Crippen LogP contribution in [0.2, 0.25) is 4.34 Å². The summed E-state index contributed by atoms with van der Waals surface area (Å²) in [7, 11) is 0. The highest BCUT2D eigenvalue weighted by Gasteiger charge is 2.28. The van der Waals surface area contributed by atoms with Crippen LogP contribution in [0.25, 0.3) is 0 Å². The Labute approximate surface area is 191 Å². The van der Waals surface area contributed by atoms with Gasteiger partial charge in [0.2, 0.25) is 5.82 Å². The number of aliphatic carboxylic acids is 1. The van der Waals surface area contributed by atoms with Gasteiger partial charge in [0.25, 0.3) is 11.8 Å². The third-order valence-electron chi connectivity index (χ3n) is 5.10. The second-order valence-corrected chi connectivity index (χ2v) is 9.00. The number of carboxylic acids is 1. The fraction of sp³-hybridized carbons (Fsp3) is 0.381. The van der Waals surface area contributed by atoms with Gasteiger partial charge in [-0.05, 0) is 49.9 Å². The van der Waals surface area contributed by atoms with E-state index in [1.807, 2.05) is 0 Å². The van der Waals surface area contributed by atoms with Crippen molar-refractivity contribution in [1.29, 1.82) is 0 Å². The summed E-state index contributed by atoms with van der Waals surface area (Å²) >= 11 is 6.88. The lowest BCUT2D eigenvalue weighted by Gasteiger charge is -2.27. The third-order valence-corrected chi connectivity index (χ3v) is 6.33. The molecule has 172 valence electrons. The van der Waals surface area contributed by atoms with Gasteiger partial charge >= 0.3 is 5.97 Å². The summed E-state index contributed by atoms with van der Waals surface area (Å²) in [6, 6.07) is 5.46. The molecule has 0 atom stereocenters. The van der Waals surface area contributed by atoms with Crippen LogP contribution >= 0.6 is 22.9 Å². The number of hydrogen-bond donors (Lipinski definition) is 3. The Morgan fingerprint density at radius 3 is 2.25 bits per heavy atom. The molecule has 1 aromatic carbocycles. The van der Waals surface area contributed by atoms with Gasteiger partial charge in [0.05, 0.1) is 26.8 Å². The number of carboxylic acid groups (broad SMARTS) is 1. The molecule has 3 rings (SSSR count). The lowest BCUT2D eigenvalue weighted by atomic mass is 9.87. The predicted octanol–water partition coefficient (Wildman–Crippen LogP) is 3.86. The van der Waals surface area contributed by atoms with Crippen LogP contribution in [0.5, 0.6) is 5.75 Å². The summed E-state index contributed by atoms with van der Waals surface area (Å²) in [5, 5.41) is 14.0. The van der Waals surface area contributed by atoms with Gasteiger partial charge in [-0.15, -0.1) is 11.3 Å². The molecule has 1 saturated carbocycles. The van der Waals surface area contributed by atoms with Crippen LogP contribution in [0.4, 0.5) is 8.78 Å². The lowest BCUT2D eigenvalue weighted by Crippen LogP contribution is -2.34. The number of ether oxygens (including phenoxy) is 1. The average Bonchev–Trinajstić information content (AvgIpc) is 3.21. The highest BCUT2D eigenvalue weighted by Crippen LogP contribution is 2.30. The van der Waals surface area contributed by atoms with Crippen LogP contribution in [0.3, 0.4) is 0 Å². The number of benzene rings is 1. The van der Waals surface area contributed by atoms with Crippen LogP contribution < -0.4 is 15.4 Å². The molecule has 1 heterocycles. The lowest BCUT2D eigenvalue weighted by molar-refractivity contribution is -0.143. The Balaban J connectivity index is 1.50. The molecule has 0 bridgehead atoms. The van der Waals surface area contributed by atoms with Crippen molar-refractivity contribution in [3.05, 3.63) is 50.7 Å². The molecular formula is C21H21ClF2N2O5S. The molecule has 32 heavy (non-hydrogen) atoms. The molecule has 2 amide bonds. The zero-order valence-corrected chi connectivity index (χ0v) is 18.4. The Kier molecular flexibility index (Phi) is 8.03. The van der Waals surface area contributed by atoms with Crippen molar-refractivity contribution in [1.82, 2.24) is 10.6 Å². The van der Waals surface area contributed by atoms with E-state index in [1.165, 1.54) is 6.07 Å². The minimum absolute atomic E-state index is 0.00973. The van der Waals surface area contributed by atoms with Gasteiger partial charge in [-0.3, -0.25) is 14.4 Å². The molecule has 7 nitrogen and oxygen atoms in total. The van der Waals surface area contributed by atoms with E-state index >= 15 is 0 Å². The van der Waals surface area contributed by atoms with Gasteiger partial charge in [-0.1, -0.05) is 11.6 Å².